The fourth-order valence-corrected chi connectivity index (χ4v) is 4.58. The van der Waals surface area contributed by atoms with E-state index in [1.165, 1.54) is 0 Å². The van der Waals surface area contributed by atoms with E-state index in [2.05, 4.69) is 10.3 Å². The Bertz CT molecular complexity index is 913. The van der Waals surface area contributed by atoms with Gasteiger partial charge in [-0.25, -0.2) is 0 Å². The number of nitrogens with one attached hydrogen (secondary N) is 1. The minimum absolute atomic E-state index is 0.209. The van der Waals surface area contributed by atoms with E-state index in [4.69, 9.17) is 0 Å². The molecule has 0 saturated carbocycles. The lowest BCUT2D eigenvalue weighted by atomic mass is 9.91. The first-order valence-corrected chi connectivity index (χ1v) is 9.74. The molecule has 1 saturated heterocycles. The number of hydrogen-bond donors (Lipinski definition) is 1. The normalized spacial score (nSPS) is 19.4. The maximum Gasteiger partial charge on any atom is 0.417 e. The Morgan fingerprint density at radius 1 is 1.45 bits per heavy atom. The van der Waals surface area contributed by atoms with Gasteiger partial charge in [0.1, 0.15) is 6.04 Å². The fraction of sp³-hybridized carbons (Fsp3) is 0.421. The van der Waals surface area contributed by atoms with Gasteiger partial charge in [-0.15, -0.1) is 11.3 Å². The minimum atomic E-state index is -4.47. The number of rotatable bonds is 6. The van der Waals surface area contributed by atoms with Crippen molar-refractivity contribution in [2.24, 2.45) is 0 Å². The van der Waals surface area contributed by atoms with Crippen molar-refractivity contribution < 1.29 is 22.8 Å². The van der Waals surface area contributed by atoms with Crippen LogP contribution in [0.5, 0.6) is 0 Å². The van der Waals surface area contributed by atoms with Crippen LogP contribution in [-0.4, -0.2) is 47.3 Å². The standard InChI is InChI=1S/C19H21F3N4O2S/c1-18(2)17(15(28)9-27)26(16-6-13(10-29-16)19(20,21)22)11-25(18)8-12-4-5-24-7-14(12)23-3/h4-7,9-10,17,23H,8,11H2,1-3H3. The Kier molecular flexibility index (Phi) is 5.68. The molecule has 1 N–H and O–H groups in total. The molecule has 1 fully saturated rings. The van der Waals surface area contributed by atoms with Crippen LogP contribution >= 0.6 is 11.3 Å². The number of anilines is 2. The van der Waals surface area contributed by atoms with Crippen molar-refractivity contribution in [2.75, 3.05) is 23.9 Å². The van der Waals surface area contributed by atoms with Crippen LogP contribution in [0.2, 0.25) is 0 Å². The molecule has 6 nitrogen and oxygen atoms in total. The monoisotopic (exact) mass is 426 g/mol. The molecule has 1 aliphatic heterocycles. The molecule has 3 heterocycles. The zero-order valence-electron chi connectivity index (χ0n) is 16.2. The van der Waals surface area contributed by atoms with Crippen LogP contribution in [0.3, 0.4) is 0 Å². The van der Waals surface area contributed by atoms with Crippen molar-refractivity contribution in [3.05, 3.63) is 41.0 Å². The second-order valence-electron chi connectivity index (χ2n) is 7.34. The summed E-state index contributed by atoms with van der Waals surface area (Å²) in [5.41, 5.74) is 0.194. The fourth-order valence-electron chi connectivity index (χ4n) is 3.64. The Morgan fingerprint density at radius 2 is 2.17 bits per heavy atom. The van der Waals surface area contributed by atoms with Gasteiger partial charge in [-0.05, 0) is 31.5 Å². The number of hydrogen-bond acceptors (Lipinski definition) is 7. The third-order valence-electron chi connectivity index (χ3n) is 5.24. The molecule has 1 atom stereocenters. The van der Waals surface area contributed by atoms with Gasteiger partial charge in [0.2, 0.25) is 5.78 Å². The molecule has 156 valence electrons. The van der Waals surface area contributed by atoms with Crippen molar-refractivity contribution >= 4 is 34.1 Å². The molecular weight excluding hydrogens is 405 g/mol. The van der Waals surface area contributed by atoms with E-state index in [-0.39, 0.29) is 13.0 Å². The summed E-state index contributed by atoms with van der Waals surface area (Å²) in [5, 5.41) is 4.38. The first-order valence-electron chi connectivity index (χ1n) is 8.86. The van der Waals surface area contributed by atoms with E-state index in [0.29, 0.717) is 11.5 Å². The lowest BCUT2D eigenvalue weighted by molar-refractivity contribution is -0.137. The zero-order valence-corrected chi connectivity index (χ0v) is 17.0. The number of carbonyl (C=O) groups excluding carboxylic acids is 2. The van der Waals surface area contributed by atoms with Crippen LogP contribution < -0.4 is 10.2 Å². The number of pyridine rings is 1. The number of thiophene rings is 1. The smallest absolute Gasteiger partial charge is 0.387 e. The maximum absolute atomic E-state index is 13.1. The molecule has 2 aromatic rings. The first kappa shape index (κ1) is 21.3. The van der Waals surface area contributed by atoms with Gasteiger partial charge in [-0.3, -0.25) is 19.5 Å². The van der Waals surface area contributed by atoms with Crippen LogP contribution in [0.15, 0.2) is 29.9 Å². The highest BCUT2D eigenvalue weighted by Crippen LogP contribution is 2.42. The molecule has 0 spiro atoms. The van der Waals surface area contributed by atoms with Crippen LogP contribution in [0.25, 0.3) is 0 Å². The van der Waals surface area contributed by atoms with E-state index in [0.717, 1.165) is 34.0 Å². The van der Waals surface area contributed by atoms with Gasteiger partial charge in [0.05, 0.1) is 29.1 Å². The third kappa shape index (κ3) is 3.99. The summed E-state index contributed by atoms with van der Waals surface area (Å²) in [4.78, 5) is 31.4. The number of Topliss-reactive ketones (excluding diaryl/α,β-unsaturated/α-hetero) is 1. The summed E-state index contributed by atoms with van der Waals surface area (Å²) in [6, 6.07) is 1.98. The Labute approximate surface area is 170 Å². The zero-order chi connectivity index (χ0) is 21.4. The van der Waals surface area contributed by atoms with Gasteiger partial charge in [0.15, 0.2) is 6.29 Å². The average Bonchev–Trinajstić information content (AvgIpc) is 3.25. The molecule has 0 aromatic carbocycles. The van der Waals surface area contributed by atoms with E-state index in [1.807, 2.05) is 24.8 Å². The van der Waals surface area contributed by atoms with E-state index >= 15 is 0 Å². The summed E-state index contributed by atoms with van der Waals surface area (Å²) in [6.45, 7) is 4.28. The molecule has 10 heteroatoms. The van der Waals surface area contributed by atoms with Crippen molar-refractivity contribution in [1.29, 1.82) is 0 Å². The first-order chi connectivity index (χ1) is 13.6. The predicted molar refractivity (Wildman–Crippen MR) is 105 cm³/mol. The minimum Gasteiger partial charge on any atom is -0.387 e. The summed E-state index contributed by atoms with van der Waals surface area (Å²) in [6.07, 6.45) is -0.891. The number of nitrogens with zero attached hydrogens (tertiary/aromatic N) is 3. The number of halogens is 3. The SMILES string of the molecule is CNc1cnccc1CN1CN(c2cc(C(F)(F)F)cs2)C(C(=O)C=O)C1(C)C. The molecule has 1 unspecified atom stereocenters. The number of ketones is 1. The van der Waals surface area contributed by atoms with Gasteiger partial charge >= 0.3 is 6.18 Å². The Balaban J connectivity index is 1.97. The second kappa shape index (κ2) is 7.75. The van der Waals surface area contributed by atoms with E-state index < -0.39 is 29.1 Å². The molecule has 0 radical (unpaired) electrons. The molecule has 2 aromatic heterocycles. The van der Waals surface area contributed by atoms with Crippen molar-refractivity contribution in [2.45, 2.75) is 38.1 Å². The lowest BCUT2D eigenvalue weighted by Crippen LogP contribution is -2.51. The van der Waals surface area contributed by atoms with Crippen LogP contribution in [0, 0.1) is 0 Å². The van der Waals surface area contributed by atoms with Crippen LogP contribution in [0.1, 0.15) is 25.0 Å². The highest BCUT2D eigenvalue weighted by molar-refractivity contribution is 7.14. The molecular formula is C19H21F3N4O2S. The summed E-state index contributed by atoms with van der Waals surface area (Å²) in [7, 11) is 1.77. The number of aldehydes is 1. The lowest BCUT2D eigenvalue weighted by Gasteiger charge is -2.34. The van der Waals surface area contributed by atoms with E-state index in [9.17, 15) is 22.8 Å². The number of carbonyl (C=O) groups is 2. The van der Waals surface area contributed by atoms with Gasteiger partial charge in [0, 0.05) is 30.7 Å². The van der Waals surface area contributed by atoms with Crippen molar-refractivity contribution in [1.82, 2.24) is 9.88 Å². The summed E-state index contributed by atoms with van der Waals surface area (Å²) >= 11 is 0.911. The van der Waals surface area contributed by atoms with Gasteiger partial charge in [-0.2, -0.15) is 13.2 Å². The van der Waals surface area contributed by atoms with Crippen molar-refractivity contribution in [3.63, 3.8) is 0 Å². The Morgan fingerprint density at radius 3 is 2.76 bits per heavy atom. The van der Waals surface area contributed by atoms with Crippen molar-refractivity contribution in [3.8, 4) is 0 Å². The second-order valence-corrected chi connectivity index (χ2v) is 8.23. The molecule has 3 rings (SSSR count). The third-order valence-corrected chi connectivity index (χ3v) is 6.21. The molecule has 1 aliphatic rings. The molecule has 0 amide bonds. The largest absolute Gasteiger partial charge is 0.417 e. The highest BCUT2D eigenvalue weighted by atomic mass is 32.1. The quantitative estimate of drug-likeness (QED) is 0.564. The van der Waals surface area contributed by atoms with Gasteiger partial charge < -0.3 is 10.2 Å². The average molecular weight is 426 g/mol. The molecule has 29 heavy (non-hydrogen) atoms. The predicted octanol–water partition coefficient (Wildman–Crippen LogP) is 3.40. The molecule has 0 aliphatic carbocycles. The summed E-state index contributed by atoms with van der Waals surface area (Å²) < 4.78 is 39.2. The number of alkyl halides is 3. The summed E-state index contributed by atoms with van der Waals surface area (Å²) in [5.74, 6) is -0.664. The topological polar surface area (TPSA) is 65.5 Å². The maximum atomic E-state index is 13.1. The Hall–Kier alpha value is -2.46. The van der Waals surface area contributed by atoms with Crippen LogP contribution in [0.4, 0.5) is 23.9 Å². The number of aromatic nitrogens is 1. The molecule has 0 bridgehead atoms. The van der Waals surface area contributed by atoms with Gasteiger partial charge in [0.25, 0.3) is 0 Å². The van der Waals surface area contributed by atoms with Crippen LogP contribution in [-0.2, 0) is 22.3 Å². The van der Waals surface area contributed by atoms with E-state index in [1.54, 1.807) is 24.3 Å². The highest BCUT2D eigenvalue weighted by Gasteiger charge is 2.50. The van der Waals surface area contributed by atoms with Gasteiger partial charge in [-0.1, -0.05) is 0 Å².